The number of nitro groups is 1. The van der Waals surface area contributed by atoms with Crippen LogP contribution in [0.2, 0.25) is 5.02 Å². The van der Waals surface area contributed by atoms with Gasteiger partial charge in [0.15, 0.2) is 0 Å². The molecule has 1 aromatic rings. The van der Waals surface area contributed by atoms with E-state index >= 15 is 0 Å². The van der Waals surface area contributed by atoms with Gasteiger partial charge in [0, 0.05) is 18.7 Å². The fourth-order valence-corrected chi connectivity index (χ4v) is 3.83. The van der Waals surface area contributed by atoms with E-state index in [0.717, 1.165) is 25.3 Å². The number of hydrogen-bond acceptors (Lipinski definition) is 4. The molecular formula is C12H15ClN2O4S. The molecule has 0 aliphatic heterocycles. The third-order valence-corrected chi connectivity index (χ3v) is 5.55. The number of benzene rings is 1. The lowest BCUT2D eigenvalue weighted by molar-refractivity contribution is -0.385. The van der Waals surface area contributed by atoms with Crippen LogP contribution in [0.5, 0.6) is 0 Å². The van der Waals surface area contributed by atoms with Crippen LogP contribution in [0.25, 0.3) is 0 Å². The lowest BCUT2D eigenvalue weighted by atomic mass is 9.71. The van der Waals surface area contributed by atoms with Crippen molar-refractivity contribution in [2.75, 3.05) is 6.54 Å². The maximum Gasteiger partial charge on any atom is 0.270 e. The molecule has 0 bridgehead atoms. The number of nitrogens with zero attached hydrogens (tertiary/aromatic N) is 1. The summed E-state index contributed by atoms with van der Waals surface area (Å²) in [5.41, 5.74) is -0.329. The number of non-ortho nitro benzene ring substituents is 1. The molecular weight excluding hydrogens is 304 g/mol. The minimum Gasteiger partial charge on any atom is -0.258 e. The molecule has 8 heteroatoms. The second kappa shape index (κ2) is 5.31. The summed E-state index contributed by atoms with van der Waals surface area (Å²) < 4.78 is 26.9. The Hall–Kier alpha value is -1.18. The fourth-order valence-electron chi connectivity index (χ4n) is 2.12. The molecule has 1 N–H and O–H groups in total. The summed E-state index contributed by atoms with van der Waals surface area (Å²) in [6.07, 6.45) is 3.03. The summed E-state index contributed by atoms with van der Waals surface area (Å²) in [4.78, 5) is 9.81. The molecule has 1 aromatic carbocycles. The van der Waals surface area contributed by atoms with E-state index in [0.29, 0.717) is 6.54 Å². The summed E-state index contributed by atoms with van der Waals surface area (Å²) >= 11 is 5.84. The Morgan fingerprint density at radius 3 is 2.60 bits per heavy atom. The third-order valence-electron chi connectivity index (χ3n) is 3.66. The molecule has 1 saturated carbocycles. The molecule has 6 nitrogen and oxygen atoms in total. The molecule has 0 saturated heterocycles. The van der Waals surface area contributed by atoms with Crippen LogP contribution in [0.4, 0.5) is 5.69 Å². The van der Waals surface area contributed by atoms with E-state index in [9.17, 15) is 18.5 Å². The van der Waals surface area contributed by atoms with Gasteiger partial charge in [-0.15, -0.1) is 0 Å². The smallest absolute Gasteiger partial charge is 0.258 e. The van der Waals surface area contributed by atoms with Crippen molar-refractivity contribution in [3.63, 3.8) is 0 Å². The lowest BCUT2D eigenvalue weighted by Gasteiger charge is -2.38. The summed E-state index contributed by atoms with van der Waals surface area (Å²) in [6, 6.07) is 3.38. The zero-order valence-corrected chi connectivity index (χ0v) is 12.5. The molecule has 0 aromatic heterocycles. The van der Waals surface area contributed by atoms with Gasteiger partial charge in [-0.25, -0.2) is 13.1 Å². The van der Waals surface area contributed by atoms with Crippen LogP contribution in [0.15, 0.2) is 23.1 Å². The molecule has 0 amide bonds. The maximum atomic E-state index is 12.2. The van der Waals surface area contributed by atoms with Crippen LogP contribution in [0.3, 0.4) is 0 Å². The average Bonchev–Trinajstić information content (AvgIpc) is 2.34. The van der Waals surface area contributed by atoms with Crippen LogP contribution >= 0.6 is 11.6 Å². The molecule has 0 spiro atoms. The molecule has 2 rings (SSSR count). The highest BCUT2D eigenvalue weighted by molar-refractivity contribution is 7.89. The van der Waals surface area contributed by atoms with Gasteiger partial charge >= 0.3 is 0 Å². The summed E-state index contributed by atoms with van der Waals surface area (Å²) in [7, 11) is -3.84. The first-order valence-corrected chi connectivity index (χ1v) is 8.03. The third kappa shape index (κ3) is 3.11. The van der Waals surface area contributed by atoms with Crippen molar-refractivity contribution in [1.82, 2.24) is 4.72 Å². The van der Waals surface area contributed by atoms with Gasteiger partial charge in [-0.05, 0) is 24.3 Å². The fraction of sp³-hybridized carbons (Fsp3) is 0.500. The van der Waals surface area contributed by atoms with E-state index in [-0.39, 0.29) is 21.0 Å². The maximum absolute atomic E-state index is 12.2. The Kier molecular flexibility index (Phi) is 4.04. The van der Waals surface area contributed by atoms with E-state index in [4.69, 9.17) is 11.6 Å². The molecule has 1 aliphatic rings. The SMILES string of the molecule is CC1(CNS(=O)(=O)c2cc([N+](=O)[O-])ccc2Cl)CCC1. The van der Waals surface area contributed by atoms with Gasteiger partial charge in [-0.2, -0.15) is 0 Å². The van der Waals surface area contributed by atoms with Crippen molar-refractivity contribution in [2.24, 2.45) is 5.41 Å². The number of halogens is 1. The van der Waals surface area contributed by atoms with Gasteiger partial charge in [0.25, 0.3) is 5.69 Å². The largest absolute Gasteiger partial charge is 0.270 e. The van der Waals surface area contributed by atoms with Crippen LogP contribution in [0.1, 0.15) is 26.2 Å². The Morgan fingerprint density at radius 1 is 1.45 bits per heavy atom. The minimum atomic E-state index is -3.84. The van der Waals surface area contributed by atoms with Crippen LogP contribution in [-0.4, -0.2) is 19.9 Å². The van der Waals surface area contributed by atoms with Gasteiger partial charge in [0.2, 0.25) is 10.0 Å². The van der Waals surface area contributed by atoms with Crippen LogP contribution in [-0.2, 0) is 10.0 Å². The summed E-state index contributed by atoms with van der Waals surface area (Å²) in [6.45, 7) is 2.32. The van der Waals surface area contributed by atoms with Gasteiger partial charge in [0.05, 0.1) is 9.95 Å². The first kappa shape index (κ1) is 15.2. The predicted molar refractivity (Wildman–Crippen MR) is 75.3 cm³/mol. The van der Waals surface area contributed by atoms with Crippen molar-refractivity contribution in [3.05, 3.63) is 33.3 Å². The molecule has 0 heterocycles. The van der Waals surface area contributed by atoms with Crippen molar-refractivity contribution in [1.29, 1.82) is 0 Å². The molecule has 0 atom stereocenters. The number of nitro benzene ring substituents is 1. The van der Waals surface area contributed by atoms with Crippen molar-refractivity contribution < 1.29 is 13.3 Å². The van der Waals surface area contributed by atoms with Crippen LogP contribution in [0, 0.1) is 15.5 Å². The first-order chi connectivity index (χ1) is 9.23. The second-order valence-corrected chi connectivity index (χ2v) is 7.50. The van der Waals surface area contributed by atoms with E-state index in [1.807, 2.05) is 6.92 Å². The quantitative estimate of drug-likeness (QED) is 0.667. The van der Waals surface area contributed by atoms with Crippen molar-refractivity contribution in [2.45, 2.75) is 31.1 Å². The Labute approximate surface area is 122 Å². The van der Waals surface area contributed by atoms with E-state index in [1.54, 1.807) is 0 Å². The van der Waals surface area contributed by atoms with Gasteiger partial charge < -0.3 is 0 Å². The van der Waals surface area contributed by atoms with Gasteiger partial charge in [-0.1, -0.05) is 24.9 Å². The Balaban J connectivity index is 2.24. The van der Waals surface area contributed by atoms with Crippen molar-refractivity contribution >= 4 is 27.3 Å². The summed E-state index contributed by atoms with van der Waals surface area (Å²) in [5, 5.41) is 10.7. The van der Waals surface area contributed by atoms with E-state index in [2.05, 4.69) is 4.72 Å². The monoisotopic (exact) mass is 318 g/mol. The Bertz CT molecular complexity index is 641. The molecule has 20 heavy (non-hydrogen) atoms. The van der Waals surface area contributed by atoms with E-state index in [1.165, 1.54) is 12.1 Å². The van der Waals surface area contributed by atoms with Crippen molar-refractivity contribution in [3.8, 4) is 0 Å². The minimum absolute atomic E-state index is 0.0261. The highest BCUT2D eigenvalue weighted by Gasteiger charge is 2.33. The number of rotatable bonds is 5. The number of nitrogens with one attached hydrogen (secondary N) is 1. The Morgan fingerprint density at radius 2 is 2.10 bits per heavy atom. The molecule has 0 radical (unpaired) electrons. The highest BCUT2D eigenvalue weighted by Crippen LogP contribution is 2.39. The normalized spacial score (nSPS) is 17.5. The standard InChI is InChI=1S/C12H15ClN2O4S/c1-12(5-2-6-12)8-14-20(18,19)11-7-9(15(16)17)3-4-10(11)13/h3-4,7,14H,2,5-6,8H2,1H3. The van der Waals surface area contributed by atoms with Gasteiger partial charge in [0.1, 0.15) is 4.90 Å². The summed E-state index contributed by atoms with van der Waals surface area (Å²) in [5.74, 6) is 0. The number of sulfonamides is 1. The average molecular weight is 319 g/mol. The first-order valence-electron chi connectivity index (χ1n) is 6.17. The zero-order chi connectivity index (χ0) is 15.0. The second-order valence-electron chi connectivity index (χ2n) is 5.36. The lowest BCUT2D eigenvalue weighted by Crippen LogP contribution is -2.39. The van der Waals surface area contributed by atoms with E-state index < -0.39 is 14.9 Å². The zero-order valence-electron chi connectivity index (χ0n) is 10.9. The molecule has 1 fully saturated rings. The molecule has 110 valence electrons. The number of hydrogen-bond donors (Lipinski definition) is 1. The predicted octanol–water partition coefficient (Wildman–Crippen LogP) is 2.72. The van der Waals surface area contributed by atoms with Gasteiger partial charge in [-0.3, -0.25) is 10.1 Å². The molecule has 1 aliphatic carbocycles. The topological polar surface area (TPSA) is 89.3 Å². The molecule has 0 unspecified atom stereocenters. The highest BCUT2D eigenvalue weighted by atomic mass is 35.5. The van der Waals surface area contributed by atoms with Crippen LogP contribution < -0.4 is 4.72 Å².